The fraction of sp³-hybridized carbons (Fsp3) is 0.562. The van der Waals surface area contributed by atoms with Gasteiger partial charge in [-0.25, -0.2) is 0 Å². The molecule has 0 aliphatic carbocycles. The Labute approximate surface area is 120 Å². The lowest BCUT2D eigenvalue weighted by atomic mass is 10.2. The number of benzene rings is 1. The molecule has 2 N–H and O–H groups in total. The molecule has 0 aromatic heterocycles. The Balaban J connectivity index is 1.82. The predicted molar refractivity (Wildman–Crippen MR) is 79.5 cm³/mol. The molecule has 1 unspecified atom stereocenters. The third-order valence-corrected chi connectivity index (χ3v) is 3.84. The van der Waals surface area contributed by atoms with E-state index in [9.17, 15) is 9.90 Å². The van der Waals surface area contributed by atoms with Gasteiger partial charge in [-0.15, -0.1) is 0 Å². The first-order chi connectivity index (χ1) is 9.66. The highest BCUT2D eigenvalue weighted by molar-refractivity contribution is 5.81. The second-order valence-electron chi connectivity index (χ2n) is 5.51. The molecule has 20 heavy (non-hydrogen) atoms. The lowest BCUT2D eigenvalue weighted by Crippen LogP contribution is -2.45. The van der Waals surface area contributed by atoms with Crippen molar-refractivity contribution in [2.75, 3.05) is 13.1 Å². The quantitative estimate of drug-likeness (QED) is 0.887. The topological polar surface area (TPSA) is 52.6 Å². The molecule has 4 heteroatoms. The van der Waals surface area contributed by atoms with Crippen molar-refractivity contribution in [3.63, 3.8) is 0 Å². The number of carbonyl (C=O) groups excluding carboxylic acids is 1. The fourth-order valence-corrected chi connectivity index (χ4v) is 2.54. The summed E-state index contributed by atoms with van der Waals surface area (Å²) >= 11 is 0. The lowest BCUT2D eigenvalue weighted by molar-refractivity contribution is -0.133. The normalized spacial score (nSPS) is 17.6. The first kappa shape index (κ1) is 14.9. The van der Waals surface area contributed by atoms with Crippen molar-refractivity contribution < 1.29 is 9.90 Å². The summed E-state index contributed by atoms with van der Waals surface area (Å²) in [6.45, 7) is 4.35. The van der Waals surface area contributed by atoms with Gasteiger partial charge in [0, 0.05) is 19.6 Å². The van der Waals surface area contributed by atoms with Crippen molar-refractivity contribution in [1.29, 1.82) is 0 Å². The molecule has 0 radical (unpaired) electrons. The maximum atomic E-state index is 12.3. The van der Waals surface area contributed by atoms with Crippen LogP contribution in [-0.4, -0.2) is 35.0 Å². The molecule has 0 bridgehead atoms. The van der Waals surface area contributed by atoms with Gasteiger partial charge >= 0.3 is 0 Å². The van der Waals surface area contributed by atoms with Crippen LogP contribution in [0.4, 0.5) is 0 Å². The van der Waals surface area contributed by atoms with Crippen molar-refractivity contribution in [3.05, 3.63) is 29.8 Å². The van der Waals surface area contributed by atoms with Gasteiger partial charge in [-0.1, -0.05) is 25.0 Å². The molecule has 1 aromatic rings. The van der Waals surface area contributed by atoms with E-state index >= 15 is 0 Å². The van der Waals surface area contributed by atoms with Gasteiger partial charge in [0.2, 0.25) is 5.91 Å². The predicted octanol–water partition coefficient (Wildman–Crippen LogP) is 2.27. The molecule has 110 valence electrons. The van der Waals surface area contributed by atoms with E-state index in [0.717, 1.165) is 31.5 Å². The Bertz CT molecular complexity index is 423. The molecule has 0 spiro atoms. The number of phenols is 1. The van der Waals surface area contributed by atoms with Crippen LogP contribution in [-0.2, 0) is 11.3 Å². The molecule has 1 amide bonds. The van der Waals surface area contributed by atoms with Gasteiger partial charge in [0.05, 0.1) is 6.04 Å². The summed E-state index contributed by atoms with van der Waals surface area (Å²) in [6, 6.07) is 6.90. The molecule has 0 saturated carbocycles. The molecule has 2 rings (SSSR count). The smallest absolute Gasteiger partial charge is 0.239 e. The lowest BCUT2D eigenvalue weighted by Gasteiger charge is -2.24. The molecule has 1 atom stereocenters. The van der Waals surface area contributed by atoms with Crippen molar-refractivity contribution in [3.8, 4) is 5.75 Å². The van der Waals surface area contributed by atoms with Gasteiger partial charge in [-0.3, -0.25) is 4.79 Å². The van der Waals surface area contributed by atoms with Gasteiger partial charge in [0.25, 0.3) is 0 Å². The van der Waals surface area contributed by atoms with Crippen LogP contribution in [0.1, 0.15) is 38.2 Å². The Morgan fingerprint density at radius 2 is 1.80 bits per heavy atom. The number of hydrogen-bond acceptors (Lipinski definition) is 3. The molecule has 1 fully saturated rings. The molecule has 1 heterocycles. The minimum atomic E-state index is -0.165. The number of phenolic OH excluding ortho intramolecular Hbond substituents is 1. The number of nitrogens with one attached hydrogen (secondary N) is 1. The average Bonchev–Trinajstić information content (AvgIpc) is 2.74. The highest BCUT2D eigenvalue weighted by Crippen LogP contribution is 2.12. The SMILES string of the molecule is CC(NCc1ccc(O)cc1)C(=O)N1CCCCCC1. The van der Waals surface area contributed by atoms with Gasteiger partial charge in [0.1, 0.15) is 5.75 Å². The van der Waals surface area contributed by atoms with E-state index in [-0.39, 0.29) is 17.7 Å². The summed E-state index contributed by atoms with van der Waals surface area (Å²) in [5.74, 6) is 0.466. The van der Waals surface area contributed by atoms with Crippen LogP contribution < -0.4 is 5.32 Å². The third-order valence-electron chi connectivity index (χ3n) is 3.84. The minimum absolute atomic E-state index is 0.165. The molecule has 4 nitrogen and oxygen atoms in total. The zero-order valence-corrected chi connectivity index (χ0v) is 12.1. The summed E-state index contributed by atoms with van der Waals surface area (Å²) in [7, 11) is 0. The summed E-state index contributed by atoms with van der Waals surface area (Å²) in [5, 5.41) is 12.5. The van der Waals surface area contributed by atoms with Crippen LogP contribution in [0.5, 0.6) is 5.75 Å². The van der Waals surface area contributed by atoms with Crippen LogP contribution >= 0.6 is 0 Å². The molecule has 1 aliphatic heterocycles. The van der Waals surface area contributed by atoms with E-state index < -0.39 is 0 Å². The summed E-state index contributed by atoms with van der Waals surface area (Å²) in [6.07, 6.45) is 4.71. The van der Waals surface area contributed by atoms with Gasteiger partial charge < -0.3 is 15.3 Å². The van der Waals surface area contributed by atoms with Crippen LogP contribution in [0.25, 0.3) is 0 Å². The van der Waals surface area contributed by atoms with E-state index in [0.29, 0.717) is 6.54 Å². The second-order valence-corrected chi connectivity index (χ2v) is 5.51. The Kier molecular flexibility index (Phi) is 5.41. The highest BCUT2D eigenvalue weighted by Gasteiger charge is 2.20. The zero-order valence-electron chi connectivity index (χ0n) is 12.1. The second kappa shape index (κ2) is 7.29. The number of aromatic hydroxyl groups is 1. The van der Waals surface area contributed by atoms with E-state index in [1.165, 1.54) is 12.8 Å². The number of hydrogen-bond donors (Lipinski definition) is 2. The van der Waals surface area contributed by atoms with Crippen LogP contribution in [0.3, 0.4) is 0 Å². The fourth-order valence-electron chi connectivity index (χ4n) is 2.54. The van der Waals surface area contributed by atoms with E-state index in [1.807, 2.05) is 24.0 Å². The molecular formula is C16H24N2O2. The van der Waals surface area contributed by atoms with Crippen LogP contribution in [0.15, 0.2) is 24.3 Å². The van der Waals surface area contributed by atoms with E-state index in [1.54, 1.807) is 12.1 Å². The zero-order chi connectivity index (χ0) is 14.4. The summed E-state index contributed by atoms with van der Waals surface area (Å²) in [4.78, 5) is 14.3. The number of rotatable bonds is 4. The number of nitrogens with zero attached hydrogens (tertiary/aromatic N) is 1. The van der Waals surface area contributed by atoms with E-state index in [4.69, 9.17) is 0 Å². The first-order valence-electron chi connectivity index (χ1n) is 7.47. The largest absolute Gasteiger partial charge is 0.508 e. The van der Waals surface area contributed by atoms with Crippen LogP contribution in [0, 0.1) is 0 Å². The van der Waals surface area contributed by atoms with Gasteiger partial charge in [0.15, 0.2) is 0 Å². The van der Waals surface area contributed by atoms with Gasteiger partial charge in [-0.05, 0) is 37.5 Å². The summed E-state index contributed by atoms with van der Waals surface area (Å²) in [5.41, 5.74) is 1.07. The molecule has 1 saturated heterocycles. The van der Waals surface area contributed by atoms with E-state index in [2.05, 4.69) is 5.32 Å². The Morgan fingerprint density at radius 3 is 2.40 bits per heavy atom. The van der Waals surface area contributed by atoms with Crippen molar-refractivity contribution in [2.45, 2.75) is 45.2 Å². The molecule has 1 aromatic carbocycles. The molecular weight excluding hydrogens is 252 g/mol. The minimum Gasteiger partial charge on any atom is -0.508 e. The number of amides is 1. The monoisotopic (exact) mass is 276 g/mol. The highest BCUT2D eigenvalue weighted by atomic mass is 16.3. The number of carbonyl (C=O) groups is 1. The number of likely N-dealkylation sites (tertiary alicyclic amines) is 1. The van der Waals surface area contributed by atoms with Crippen molar-refractivity contribution in [1.82, 2.24) is 10.2 Å². The summed E-state index contributed by atoms with van der Waals surface area (Å²) < 4.78 is 0. The van der Waals surface area contributed by atoms with Gasteiger partial charge in [-0.2, -0.15) is 0 Å². The standard InChI is InChI=1S/C16H24N2O2/c1-13(16(20)18-10-4-2-3-5-11-18)17-12-14-6-8-15(19)9-7-14/h6-9,13,17,19H,2-5,10-12H2,1H3. The van der Waals surface area contributed by atoms with Crippen molar-refractivity contribution >= 4 is 5.91 Å². The van der Waals surface area contributed by atoms with Crippen LogP contribution in [0.2, 0.25) is 0 Å². The maximum Gasteiger partial charge on any atom is 0.239 e. The van der Waals surface area contributed by atoms with Crippen molar-refractivity contribution in [2.24, 2.45) is 0 Å². The molecule has 1 aliphatic rings. The maximum absolute atomic E-state index is 12.3. The Morgan fingerprint density at radius 1 is 1.20 bits per heavy atom. The first-order valence-corrected chi connectivity index (χ1v) is 7.47. The Hall–Kier alpha value is -1.55. The average molecular weight is 276 g/mol. The third kappa shape index (κ3) is 4.23.